The normalized spacial score (nSPS) is 17.3. The highest BCUT2D eigenvalue weighted by Crippen LogP contribution is 2.12. The van der Waals surface area contributed by atoms with Crippen molar-refractivity contribution in [3.8, 4) is 6.07 Å². The standard InChI is InChI=1S/C16H23N3/c1-13-9-15(10-17)5-6-16(13)12-18-11-14(2)19-7-3-4-8-19/h5-6,9,14,18H,3-4,7-8,11-12H2,1-2H3. The summed E-state index contributed by atoms with van der Waals surface area (Å²) in [6.07, 6.45) is 2.69. The summed E-state index contributed by atoms with van der Waals surface area (Å²) in [5, 5.41) is 12.4. The minimum atomic E-state index is 0.612. The van der Waals surface area contributed by atoms with Crippen molar-refractivity contribution in [3.63, 3.8) is 0 Å². The molecule has 1 fully saturated rings. The zero-order valence-electron chi connectivity index (χ0n) is 11.9. The van der Waals surface area contributed by atoms with Crippen LogP contribution in [0.1, 0.15) is 36.5 Å². The fraction of sp³-hybridized carbons (Fsp3) is 0.562. The van der Waals surface area contributed by atoms with Gasteiger partial charge in [0.05, 0.1) is 11.6 Å². The number of hydrogen-bond acceptors (Lipinski definition) is 3. The van der Waals surface area contributed by atoms with Gasteiger partial charge in [0.1, 0.15) is 0 Å². The minimum Gasteiger partial charge on any atom is -0.311 e. The number of benzene rings is 1. The molecule has 1 atom stereocenters. The van der Waals surface area contributed by atoms with Gasteiger partial charge < -0.3 is 5.32 Å². The molecule has 1 aromatic rings. The summed E-state index contributed by atoms with van der Waals surface area (Å²) in [7, 11) is 0. The van der Waals surface area contributed by atoms with Crippen molar-refractivity contribution in [2.75, 3.05) is 19.6 Å². The van der Waals surface area contributed by atoms with E-state index in [1.807, 2.05) is 12.1 Å². The quantitative estimate of drug-likeness (QED) is 0.880. The second-order valence-corrected chi connectivity index (χ2v) is 5.48. The summed E-state index contributed by atoms with van der Waals surface area (Å²) >= 11 is 0. The van der Waals surface area contributed by atoms with Crippen molar-refractivity contribution < 1.29 is 0 Å². The van der Waals surface area contributed by atoms with Crippen molar-refractivity contribution in [1.29, 1.82) is 5.26 Å². The van der Waals surface area contributed by atoms with Crippen LogP contribution in [-0.4, -0.2) is 30.6 Å². The number of rotatable bonds is 5. The van der Waals surface area contributed by atoms with E-state index < -0.39 is 0 Å². The molecular weight excluding hydrogens is 234 g/mol. The van der Waals surface area contributed by atoms with Crippen LogP contribution in [0, 0.1) is 18.3 Å². The fourth-order valence-corrected chi connectivity index (χ4v) is 2.69. The van der Waals surface area contributed by atoms with Crippen molar-refractivity contribution in [2.45, 2.75) is 39.3 Å². The van der Waals surface area contributed by atoms with E-state index in [4.69, 9.17) is 5.26 Å². The van der Waals surface area contributed by atoms with E-state index in [1.54, 1.807) is 0 Å². The van der Waals surface area contributed by atoms with Crippen LogP contribution in [-0.2, 0) is 6.54 Å². The molecule has 0 amide bonds. The van der Waals surface area contributed by atoms with E-state index >= 15 is 0 Å². The maximum Gasteiger partial charge on any atom is 0.0991 e. The van der Waals surface area contributed by atoms with Gasteiger partial charge in [0, 0.05) is 19.1 Å². The molecule has 1 saturated heterocycles. The van der Waals surface area contributed by atoms with Crippen LogP contribution in [0.5, 0.6) is 0 Å². The lowest BCUT2D eigenvalue weighted by Gasteiger charge is -2.24. The zero-order valence-corrected chi connectivity index (χ0v) is 11.9. The lowest BCUT2D eigenvalue weighted by molar-refractivity contribution is 0.251. The number of aryl methyl sites for hydroxylation is 1. The average Bonchev–Trinajstić information content (AvgIpc) is 2.94. The Morgan fingerprint density at radius 3 is 2.74 bits per heavy atom. The summed E-state index contributed by atoms with van der Waals surface area (Å²) in [4.78, 5) is 2.55. The number of nitriles is 1. The SMILES string of the molecule is Cc1cc(C#N)ccc1CNCC(C)N1CCCC1. The molecule has 0 bridgehead atoms. The third kappa shape index (κ3) is 3.79. The lowest BCUT2D eigenvalue weighted by atomic mass is 10.1. The van der Waals surface area contributed by atoms with E-state index in [1.165, 1.54) is 37.1 Å². The Morgan fingerprint density at radius 2 is 2.11 bits per heavy atom. The van der Waals surface area contributed by atoms with E-state index in [2.05, 4.69) is 36.2 Å². The largest absolute Gasteiger partial charge is 0.311 e. The molecule has 1 aromatic carbocycles. The fourth-order valence-electron chi connectivity index (χ4n) is 2.69. The van der Waals surface area contributed by atoms with Crippen molar-refractivity contribution in [3.05, 3.63) is 34.9 Å². The summed E-state index contributed by atoms with van der Waals surface area (Å²) < 4.78 is 0. The molecule has 3 heteroatoms. The van der Waals surface area contributed by atoms with Gasteiger partial charge in [-0.05, 0) is 63.0 Å². The van der Waals surface area contributed by atoms with Crippen LogP contribution in [0.4, 0.5) is 0 Å². The second-order valence-electron chi connectivity index (χ2n) is 5.48. The molecular formula is C16H23N3. The molecule has 0 radical (unpaired) electrons. The Bertz CT molecular complexity index is 456. The van der Waals surface area contributed by atoms with Gasteiger partial charge in [-0.25, -0.2) is 0 Å². The molecule has 1 aliphatic rings. The van der Waals surface area contributed by atoms with E-state index in [0.29, 0.717) is 6.04 Å². The van der Waals surface area contributed by atoms with Crippen molar-refractivity contribution >= 4 is 0 Å². The Kier molecular flexibility index (Phi) is 4.95. The van der Waals surface area contributed by atoms with Gasteiger partial charge in [-0.2, -0.15) is 5.26 Å². The van der Waals surface area contributed by atoms with E-state index in [9.17, 15) is 0 Å². The van der Waals surface area contributed by atoms with Gasteiger partial charge in [0.2, 0.25) is 0 Å². The number of hydrogen-bond donors (Lipinski definition) is 1. The van der Waals surface area contributed by atoms with Gasteiger partial charge in [-0.1, -0.05) is 6.07 Å². The second kappa shape index (κ2) is 6.70. The molecule has 1 unspecified atom stereocenters. The minimum absolute atomic E-state index is 0.612. The highest BCUT2D eigenvalue weighted by molar-refractivity contribution is 5.37. The first-order valence-corrected chi connectivity index (χ1v) is 7.15. The molecule has 19 heavy (non-hydrogen) atoms. The molecule has 3 nitrogen and oxygen atoms in total. The maximum atomic E-state index is 8.85. The topological polar surface area (TPSA) is 39.1 Å². The highest BCUT2D eigenvalue weighted by atomic mass is 15.2. The number of likely N-dealkylation sites (tertiary alicyclic amines) is 1. The third-order valence-corrected chi connectivity index (χ3v) is 3.99. The average molecular weight is 257 g/mol. The molecule has 1 heterocycles. The molecule has 0 spiro atoms. The van der Waals surface area contributed by atoms with Crippen LogP contribution in [0.15, 0.2) is 18.2 Å². The van der Waals surface area contributed by atoms with Crippen LogP contribution in [0.3, 0.4) is 0 Å². The Hall–Kier alpha value is -1.37. The van der Waals surface area contributed by atoms with Crippen LogP contribution in [0.2, 0.25) is 0 Å². The maximum absolute atomic E-state index is 8.85. The van der Waals surface area contributed by atoms with E-state index in [-0.39, 0.29) is 0 Å². The van der Waals surface area contributed by atoms with E-state index in [0.717, 1.165) is 18.7 Å². The predicted octanol–water partition coefficient (Wildman–Crippen LogP) is 2.44. The predicted molar refractivity (Wildman–Crippen MR) is 77.9 cm³/mol. The zero-order chi connectivity index (χ0) is 13.7. The van der Waals surface area contributed by atoms with Gasteiger partial charge in [-0.3, -0.25) is 4.90 Å². The van der Waals surface area contributed by atoms with Crippen LogP contribution >= 0.6 is 0 Å². The van der Waals surface area contributed by atoms with Gasteiger partial charge >= 0.3 is 0 Å². The Morgan fingerprint density at radius 1 is 1.37 bits per heavy atom. The van der Waals surface area contributed by atoms with Crippen LogP contribution < -0.4 is 5.32 Å². The molecule has 102 valence electrons. The first-order chi connectivity index (χ1) is 9.20. The van der Waals surface area contributed by atoms with Crippen molar-refractivity contribution in [1.82, 2.24) is 10.2 Å². The summed E-state index contributed by atoms with van der Waals surface area (Å²) in [6, 6.07) is 8.70. The Balaban J connectivity index is 1.80. The summed E-state index contributed by atoms with van der Waals surface area (Å²) in [5.41, 5.74) is 3.22. The number of nitrogens with one attached hydrogen (secondary N) is 1. The van der Waals surface area contributed by atoms with Gasteiger partial charge in [0.25, 0.3) is 0 Å². The molecule has 0 aliphatic carbocycles. The third-order valence-electron chi connectivity index (χ3n) is 3.99. The first kappa shape index (κ1) is 14.0. The number of nitrogens with zero attached hydrogens (tertiary/aromatic N) is 2. The summed E-state index contributed by atoms with van der Waals surface area (Å²) in [6.45, 7) is 8.78. The van der Waals surface area contributed by atoms with Crippen LogP contribution in [0.25, 0.3) is 0 Å². The van der Waals surface area contributed by atoms with Gasteiger partial charge in [-0.15, -0.1) is 0 Å². The molecule has 2 rings (SSSR count). The smallest absolute Gasteiger partial charge is 0.0991 e. The highest BCUT2D eigenvalue weighted by Gasteiger charge is 2.17. The molecule has 1 N–H and O–H groups in total. The first-order valence-electron chi connectivity index (χ1n) is 7.15. The Labute approximate surface area is 116 Å². The molecule has 0 aromatic heterocycles. The van der Waals surface area contributed by atoms with Crippen molar-refractivity contribution in [2.24, 2.45) is 0 Å². The lowest BCUT2D eigenvalue weighted by Crippen LogP contribution is -2.38. The molecule has 1 aliphatic heterocycles. The summed E-state index contributed by atoms with van der Waals surface area (Å²) in [5.74, 6) is 0. The van der Waals surface area contributed by atoms with Gasteiger partial charge in [0.15, 0.2) is 0 Å². The monoisotopic (exact) mass is 257 g/mol. The molecule has 0 saturated carbocycles.